The maximum atomic E-state index is 15.2. The smallest absolute Gasteiger partial charge is 0.177 e. The van der Waals surface area contributed by atoms with Crippen LogP contribution in [0, 0.1) is 18.7 Å². The van der Waals surface area contributed by atoms with Crippen LogP contribution in [0.5, 0.6) is 5.75 Å². The maximum Gasteiger partial charge on any atom is 0.177 e. The number of rotatable bonds is 10. The maximum absolute atomic E-state index is 15.2. The summed E-state index contributed by atoms with van der Waals surface area (Å²) in [6.45, 7) is 8.26. The van der Waals surface area contributed by atoms with E-state index in [4.69, 9.17) is 4.74 Å². The van der Waals surface area contributed by atoms with Crippen LogP contribution in [0.25, 0.3) is 0 Å². The molecule has 0 amide bonds. The lowest BCUT2D eigenvalue weighted by atomic mass is 9.94. The summed E-state index contributed by atoms with van der Waals surface area (Å²) in [6.07, 6.45) is 4.87. The molecule has 1 unspecified atom stereocenters. The molecule has 3 aromatic rings. The summed E-state index contributed by atoms with van der Waals surface area (Å²) >= 11 is 0. The minimum Gasteiger partial charge on any atom is -0.486 e. The van der Waals surface area contributed by atoms with Gasteiger partial charge in [-0.15, -0.1) is 0 Å². The van der Waals surface area contributed by atoms with Crippen LogP contribution < -0.4 is 9.64 Å². The van der Waals surface area contributed by atoms with Gasteiger partial charge in [-0.1, -0.05) is 74.5 Å². The average molecular weight is 465 g/mol. The van der Waals surface area contributed by atoms with Gasteiger partial charge in [-0.2, -0.15) is 0 Å². The van der Waals surface area contributed by atoms with E-state index in [9.17, 15) is 4.79 Å². The zero-order valence-electron chi connectivity index (χ0n) is 19.8. The predicted octanol–water partition coefficient (Wildman–Crippen LogP) is 7.06. The number of hydrogen-bond acceptors (Lipinski definition) is 3. The lowest BCUT2D eigenvalue weighted by Gasteiger charge is -2.27. The number of ketones is 1. The predicted molar refractivity (Wildman–Crippen MR) is 139 cm³/mol. The molecule has 0 saturated carbocycles. The first-order valence-corrected chi connectivity index (χ1v) is 13.3. The molecule has 3 aromatic carbocycles. The van der Waals surface area contributed by atoms with Gasteiger partial charge >= 0.3 is 0 Å². The standard InChI is InChI=1S/C28H32FNO2P/c1-20(2)27(31)26-21(3)24(29)16-25(28(26)32-18-23-14-10-7-11-15-23)30(19-33(4)5)17-22-12-8-6-9-13-22/h6-16,20H,4,17-19H2,1-3,5H3/q+1. The van der Waals surface area contributed by atoms with Crippen molar-refractivity contribution in [1.82, 2.24) is 0 Å². The molecule has 5 heteroatoms. The molecule has 0 spiro atoms. The van der Waals surface area contributed by atoms with E-state index in [1.165, 1.54) is 6.07 Å². The van der Waals surface area contributed by atoms with Gasteiger partial charge in [0.25, 0.3) is 0 Å². The van der Waals surface area contributed by atoms with Gasteiger partial charge in [0.15, 0.2) is 17.8 Å². The largest absolute Gasteiger partial charge is 0.486 e. The van der Waals surface area contributed by atoms with Gasteiger partial charge in [0.2, 0.25) is 0 Å². The molecule has 0 heterocycles. The number of carbonyl (C=O) groups excluding carboxylic acids is 1. The quantitative estimate of drug-likeness (QED) is 0.238. The first-order valence-electron chi connectivity index (χ1n) is 11.1. The molecule has 0 aliphatic rings. The van der Waals surface area contributed by atoms with Crippen molar-refractivity contribution in [3.05, 3.63) is 94.8 Å². The van der Waals surface area contributed by atoms with Crippen LogP contribution in [0.3, 0.4) is 0 Å². The number of halogens is 1. The second kappa shape index (κ2) is 11.2. The van der Waals surface area contributed by atoms with Gasteiger partial charge in [-0.25, -0.2) is 4.39 Å². The Morgan fingerprint density at radius 2 is 1.64 bits per heavy atom. The lowest BCUT2D eigenvalue weighted by Crippen LogP contribution is -2.25. The molecule has 172 valence electrons. The van der Waals surface area contributed by atoms with Gasteiger partial charge in [0, 0.05) is 18.5 Å². The molecule has 1 atom stereocenters. The number of benzene rings is 3. The Kier molecular flexibility index (Phi) is 8.41. The topological polar surface area (TPSA) is 29.5 Å². The zero-order valence-corrected chi connectivity index (χ0v) is 20.7. The Bertz CT molecular complexity index is 1110. The van der Waals surface area contributed by atoms with Crippen molar-refractivity contribution in [2.75, 3.05) is 17.9 Å². The van der Waals surface area contributed by atoms with E-state index in [-0.39, 0.29) is 11.7 Å². The number of hydrogen-bond donors (Lipinski definition) is 0. The van der Waals surface area contributed by atoms with Crippen LogP contribution in [0.4, 0.5) is 10.1 Å². The van der Waals surface area contributed by atoms with Crippen LogP contribution in [-0.2, 0) is 13.2 Å². The molecule has 0 aliphatic carbocycles. The molecule has 0 aromatic heterocycles. The van der Waals surface area contributed by atoms with Crippen LogP contribution in [0.2, 0.25) is 0 Å². The van der Waals surface area contributed by atoms with Crippen molar-refractivity contribution in [2.45, 2.75) is 33.9 Å². The number of carbonyl (C=O) groups is 1. The number of nitrogens with zero attached hydrogens (tertiary/aromatic N) is 1. The van der Waals surface area contributed by atoms with E-state index in [1.807, 2.05) is 74.5 Å². The summed E-state index contributed by atoms with van der Waals surface area (Å²) in [5.41, 5.74) is 3.34. The van der Waals surface area contributed by atoms with Crippen molar-refractivity contribution >= 4 is 25.3 Å². The van der Waals surface area contributed by atoms with E-state index < -0.39 is 13.4 Å². The summed E-state index contributed by atoms with van der Waals surface area (Å²) < 4.78 is 21.5. The average Bonchev–Trinajstić information content (AvgIpc) is 2.79. The minimum atomic E-state index is -0.567. The molecule has 0 radical (unpaired) electrons. The second-order valence-electron chi connectivity index (χ2n) is 8.68. The normalized spacial score (nSPS) is 11.4. The van der Waals surface area contributed by atoms with E-state index in [0.717, 1.165) is 11.1 Å². The highest BCUT2D eigenvalue weighted by Crippen LogP contribution is 2.40. The van der Waals surface area contributed by atoms with E-state index >= 15 is 4.39 Å². The highest BCUT2D eigenvalue weighted by molar-refractivity contribution is 7.55. The van der Waals surface area contributed by atoms with Crippen molar-refractivity contribution in [2.24, 2.45) is 5.92 Å². The third-order valence-corrected chi connectivity index (χ3v) is 6.25. The third-order valence-electron chi connectivity index (χ3n) is 5.42. The fraction of sp³-hybridized carbons (Fsp3) is 0.286. The molecular weight excluding hydrogens is 432 g/mol. The Morgan fingerprint density at radius 3 is 2.18 bits per heavy atom. The SMILES string of the molecule is C=[P+](C)CN(Cc1ccccc1)c1cc(F)c(C)c(C(=O)C(C)C)c1OCc1ccccc1. The monoisotopic (exact) mass is 464 g/mol. The highest BCUT2D eigenvalue weighted by Gasteiger charge is 2.28. The van der Waals surface area contributed by atoms with Gasteiger partial charge in [0.05, 0.1) is 24.2 Å². The molecule has 0 bridgehead atoms. The highest BCUT2D eigenvalue weighted by atomic mass is 31.1. The van der Waals surface area contributed by atoms with E-state index in [1.54, 1.807) is 6.92 Å². The Hall–Kier alpha value is -2.97. The van der Waals surface area contributed by atoms with Crippen molar-refractivity contribution < 1.29 is 13.9 Å². The summed E-state index contributed by atoms with van der Waals surface area (Å²) in [5, 5.41) is 0. The summed E-state index contributed by atoms with van der Waals surface area (Å²) in [4.78, 5) is 15.3. The van der Waals surface area contributed by atoms with Crippen LogP contribution in [0.15, 0.2) is 66.7 Å². The summed E-state index contributed by atoms with van der Waals surface area (Å²) in [6, 6.07) is 21.3. The first-order chi connectivity index (χ1) is 15.8. The van der Waals surface area contributed by atoms with Crippen LogP contribution >= 0.6 is 7.55 Å². The van der Waals surface area contributed by atoms with Crippen molar-refractivity contribution in [3.8, 4) is 5.75 Å². The molecule has 33 heavy (non-hydrogen) atoms. The van der Waals surface area contributed by atoms with Gasteiger partial charge in [-0.05, 0) is 23.6 Å². The zero-order chi connectivity index (χ0) is 24.0. The molecule has 0 fully saturated rings. The van der Waals surface area contributed by atoms with E-state index in [2.05, 4.69) is 17.9 Å². The Labute approximate surface area is 197 Å². The fourth-order valence-corrected chi connectivity index (χ4v) is 4.55. The minimum absolute atomic E-state index is 0.121. The van der Waals surface area contributed by atoms with Crippen molar-refractivity contribution in [3.63, 3.8) is 0 Å². The lowest BCUT2D eigenvalue weighted by molar-refractivity contribution is 0.0933. The second-order valence-corrected chi connectivity index (χ2v) is 10.7. The molecule has 0 saturated heterocycles. The van der Waals surface area contributed by atoms with Crippen LogP contribution in [0.1, 0.15) is 40.9 Å². The number of Topliss-reactive ketones (excluding diaryl/α,β-unsaturated/α-hetero) is 1. The molecular formula is C28H32FNO2P+. The fourth-order valence-electron chi connectivity index (χ4n) is 3.71. The molecule has 0 N–H and O–H groups in total. The first kappa shape index (κ1) is 24.7. The number of ether oxygens (including phenoxy) is 1. The van der Waals surface area contributed by atoms with Gasteiger partial charge in [0.1, 0.15) is 20.0 Å². The Balaban J connectivity index is 2.15. The third kappa shape index (κ3) is 6.30. The van der Waals surface area contributed by atoms with E-state index in [0.29, 0.717) is 42.0 Å². The molecule has 3 nitrogen and oxygen atoms in total. The molecule has 0 aliphatic heterocycles. The van der Waals surface area contributed by atoms with Crippen LogP contribution in [-0.4, -0.2) is 25.0 Å². The summed E-state index contributed by atoms with van der Waals surface area (Å²) in [5.74, 6) is -0.353. The number of anilines is 1. The van der Waals surface area contributed by atoms with Gasteiger partial charge in [-0.3, -0.25) is 4.79 Å². The van der Waals surface area contributed by atoms with Gasteiger partial charge < -0.3 is 9.64 Å². The Morgan fingerprint density at radius 1 is 1.06 bits per heavy atom. The molecule has 3 rings (SSSR count). The summed E-state index contributed by atoms with van der Waals surface area (Å²) in [7, 11) is -0.567. The van der Waals surface area contributed by atoms with Crippen molar-refractivity contribution in [1.29, 1.82) is 0 Å².